The van der Waals surface area contributed by atoms with E-state index in [-0.39, 0.29) is 29.9 Å². The predicted octanol–water partition coefficient (Wildman–Crippen LogP) is 3.42. The molecule has 0 spiro atoms. The van der Waals surface area contributed by atoms with Gasteiger partial charge in [-0.25, -0.2) is 19.2 Å². The first-order valence-corrected chi connectivity index (χ1v) is 12.5. The fraction of sp³-hybridized carbons (Fsp3) is 0.545. The monoisotopic (exact) mass is 480 g/mol. The average Bonchev–Trinajstić information content (AvgIpc) is 2.76. The van der Waals surface area contributed by atoms with Crippen LogP contribution >= 0.6 is 0 Å². The van der Waals surface area contributed by atoms with E-state index >= 15 is 0 Å². The molecule has 3 heterocycles. The summed E-state index contributed by atoms with van der Waals surface area (Å²) >= 11 is 0. The van der Waals surface area contributed by atoms with Crippen molar-refractivity contribution in [2.24, 2.45) is 0 Å². The maximum Gasteiger partial charge on any atom is 0.410 e. The van der Waals surface area contributed by atoms with E-state index in [0.717, 1.165) is 0 Å². The van der Waals surface area contributed by atoms with Gasteiger partial charge in [0.2, 0.25) is 11.8 Å². The zero-order valence-electron chi connectivity index (χ0n) is 19.2. The quantitative estimate of drug-likeness (QED) is 0.566. The van der Waals surface area contributed by atoms with E-state index in [2.05, 4.69) is 15.0 Å². The lowest BCUT2D eigenvalue weighted by Gasteiger charge is -2.31. The highest BCUT2D eigenvalue weighted by Gasteiger charge is 2.26. The number of carbonyl (C=O) groups is 1. The lowest BCUT2D eigenvalue weighted by Crippen LogP contribution is -2.42. The van der Waals surface area contributed by atoms with Gasteiger partial charge in [0.15, 0.2) is 11.6 Å². The van der Waals surface area contributed by atoms with Gasteiger partial charge in [0.05, 0.1) is 17.9 Å². The van der Waals surface area contributed by atoms with Crippen molar-refractivity contribution in [2.45, 2.75) is 52.2 Å². The maximum absolute atomic E-state index is 14.5. The molecule has 1 saturated heterocycles. The second-order valence-electron chi connectivity index (χ2n) is 8.08. The van der Waals surface area contributed by atoms with Crippen molar-refractivity contribution in [3.63, 3.8) is 0 Å². The molecule has 0 radical (unpaired) electrons. The van der Waals surface area contributed by atoms with Gasteiger partial charge in [0.1, 0.15) is 12.4 Å². The summed E-state index contributed by atoms with van der Waals surface area (Å²) in [4.78, 5) is 26.2. The van der Waals surface area contributed by atoms with E-state index in [4.69, 9.17) is 14.2 Å². The third-order valence-electron chi connectivity index (χ3n) is 5.04. The molecule has 1 atom stereocenters. The second kappa shape index (κ2) is 11.4. The summed E-state index contributed by atoms with van der Waals surface area (Å²) in [5, 5.41) is 0. The third kappa shape index (κ3) is 7.08. The molecule has 2 aromatic heterocycles. The molecule has 0 N–H and O–H groups in total. The van der Waals surface area contributed by atoms with Crippen LogP contribution in [-0.4, -0.2) is 67.5 Å². The summed E-state index contributed by atoms with van der Waals surface area (Å²) < 4.78 is 42.6. The number of aryl methyl sites for hydroxylation is 1. The number of ether oxygens (including phenoxy) is 3. The number of amides is 1. The molecule has 11 heteroatoms. The fourth-order valence-electron chi connectivity index (χ4n) is 3.25. The molecule has 0 aromatic carbocycles. The van der Waals surface area contributed by atoms with Gasteiger partial charge in [-0.3, -0.25) is 9.19 Å². The summed E-state index contributed by atoms with van der Waals surface area (Å²) in [5.74, 6) is 0.278. The molecule has 33 heavy (non-hydrogen) atoms. The Bertz CT molecular complexity index is 999. The molecule has 180 valence electrons. The highest BCUT2D eigenvalue weighted by molar-refractivity contribution is 7.84. The van der Waals surface area contributed by atoms with Gasteiger partial charge in [-0.15, -0.1) is 0 Å². The molecular weight excluding hydrogens is 451 g/mol. The Balaban J connectivity index is 1.61. The smallest absolute Gasteiger partial charge is 0.410 e. The lowest BCUT2D eigenvalue weighted by molar-refractivity contribution is 0.0505. The van der Waals surface area contributed by atoms with Crippen LogP contribution in [0.15, 0.2) is 18.6 Å². The average molecular weight is 481 g/mol. The minimum Gasteiger partial charge on any atom is -0.474 e. The fourth-order valence-corrected chi connectivity index (χ4v) is 3.75. The van der Waals surface area contributed by atoms with Crippen LogP contribution < -0.4 is 9.47 Å². The van der Waals surface area contributed by atoms with E-state index in [1.165, 1.54) is 18.6 Å². The number of hydrogen-bond acceptors (Lipinski definition) is 8. The van der Waals surface area contributed by atoms with Crippen LogP contribution in [0.5, 0.6) is 17.5 Å². The Morgan fingerprint density at radius 1 is 1.24 bits per heavy atom. The Hall–Kier alpha value is -2.82. The zero-order chi connectivity index (χ0) is 24.0. The van der Waals surface area contributed by atoms with Crippen LogP contribution in [0.4, 0.5) is 9.18 Å². The van der Waals surface area contributed by atoms with Crippen molar-refractivity contribution in [1.29, 1.82) is 0 Å². The standard InChI is InChI=1S/C22H29FN4O5S/c1-14(2)30-22(28)27-8-5-17(6-9-27)31-20-15(3)21(26-13-25-20)32-19-12-24-16(11-18(19)23)7-10-33(4)29/h11-14,17H,5-10H2,1-4H3. The van der Waals surface area contributed by atoms with Crippen LogP contribution in [0.1, 0.15) is 37.9 Å². The van der Waals surface area contributed by atoms with Crippen LogP contribution in [0, 0.1) is 12.7 Å². The number of hydrogen-bond donors (Lipinski definition) is 0. The third-order valence-corrected chi connectivity index (χ3v) is 5.81. The Morgan fingerprint density at radius 2 is 1.94 bits per heavy atom. The molecule has 1 aliphatic rings. The molecule has 0 bridgehead atoms. The first kappa shape index (κ1) is 24.8. The summed E-state index contributed by atoms with van der Waals surface area (Å²) in [7, 11) is -0.976. The number of nitrogens with zero attached hydrogens (tertiary/aromatic N) is 4. The molecule has 1 amide bonds. The van der Waals surface area contributed by atoms with Gasteiger partial charge in [-0.05, 0) is 26.8 Å². The summed E-state index contributed by atoms with van der Waals surface area (Å²) in [6.45, 7) is 6.42. The number of rotatable bonds is 8. The molecule has 0 aliphatic carbocycles. The van der Waals surface area contributed by atoms with E-state index in [0.29, 0.717) is 55.2 Å². The zero-order valence-corrected chi connectivity index (χ0v) is 20.1. The molecule has 1 unspecified atom stereocenters. The highest BCUT2D eigenvalue weighted by atomic mass is 32.2. The minimum atomic E-state index is -0.976. The van der Waals surface area contributed by atoms with E-state index in [9.17, 15) is 13.4 Å². The molecule has 0 saturated carbocycles. The molecule has 2 aromatic rings. The normalized spacial score (nSPS) is 15.4. The molecule has 1 fully saturated rings. The van der Waals surface area contributed by atoms with Gasteiger partial charge in [0.25, 0.3) is 0 Å². The van der Waals surface area contributed by atoms with Crippen LogP contribution in [0.25, 0.3) is 0 Å². The van der Waals surface area contributed by atoms with Gasteiger partial charge < -0.3 is 19.1 Å². The summed E-state index contributed by atoms with van der Waals surface area (Å²) in [5.41, 5.74) is 1.03. The topological polar surface area (TPSA) is 104 Å². The largest absolute Gasteiger partial charge is 0.474 e. The lowest BCUT2D eigenvalue weighted by atomic mass is 10.1. The molecule has 1 aliphatic heterocycles. The minimum absolute atomic E-state index is 0.0684. The first-order chi connectivity index (χ1) is 15.7. The van der Waals surface area contributed by atoms with Crippen LogP contribution in [0.3, 0.4) is 0 Å². The van der Waals surface area contributed by atoms with Gasteiger partial charge >= 0.3 is 6.09 Å². The van der Waals surface area contributed by atoms with Crippen molar-refractivity contribution in [1.82, 2.24) is 19.9 Å². The second-order valence-corrected chi connectivity index (χ2v) is 9.64. The molecule has 3 rings (SSSR count). The number of likely N-dealkylation sites (tertiary alicyclic amines) is 1. The summed E-state index contributed by atoms with van der Waals surface area (Å²) in [6, 6.07) is 1.27. The predicted molar refractivity (Wildman–Crippen MR) is 121 cm³/mol. The van der Waals surface area contributed by atoms with Crippen molar-refractivity contribution in [3.8, 4) is 17.5 Å². The van der Waals surface area contributed by atoms with Gasteiger partial charge in [0, 0.05) is 60.9 Å². The van der Waals surface area contributed by atoms with Crippen molar-refractivity contribution in [3.05, 3.63) is 35.7 Å². The number of pyridine rings is 1. The first-order valence-electron chi connectivity index (χ1n) is 10.8. The van der Waals surface area contributed by atoms with Gasteiger partial charge in [-0.2, -0.15) is 0 Å². The maximum atomic E-state index is 14.5. The van der Waals surface area contributed by atoms with E-state index < -0.39 is 16.6 Å². The van der Waals surface area contributed by atoms with Crippen molar-refractivity contribution in [2.75, 3.05) is 25.1 Å². The molecule has 9 nitrogen and oxygen atoms in total. The van der Waals surface area contributed by atoms with Crippen LogP contribution in [0.2, 0.25) is 0 Å². The van der Waals surface area contributed by atoms with Crippen molar-refractivity contribution >= 4 is 16.9 Å². The van der Waals surface area contributed by atoms with Gasteiger partial charge in [-0.1, -0.05) is 0 Å². The highest BCUT2D eigenvalue weighted by Crippen LogP contribution is 2.30. The molecular formula is C22H29FN4O5S. The van der Waals surface area contributed by atoms with E-state index in [1.807, 2.05) is 13.8 Å². The Kier molecular flexibility index (Phi) is 8.54. The number of aromatic nitrogens is 3. The Morgan fingerprint density at radius 3 is 2.58 bits per heavy atom. The Labute approximate surface area is 195 Å². The SMILES string of the molecule is Cc1c(Oc2cnc(CCS(C)=O)cc2F)ncnc1OC1CCN(C(=O)OC(C)C)CC1. The number of halogens is 1. The number of piperidine rings is 1. The van der Waals surface area contributed by atoms with Crippen molar-refractivity contribution < 1.29 is 27.6 Å². The van der Waals surface area contributed by atoms with Crippen LogP contribution in [-0.2, 0) is 22.0 Å². The van der Waals surface area contributed by atoms with E-state index in [1.54, 1.807) is 18.1 Å². The summed E-state index contributed by atoms with van der Waals surface area (Å²) in [6.07, 6.45) is 5.25. The number of carbonyl (C=O) groups excluding carboxylic acids is 1.